The summed E-state index contributed by atoms with van der Waals surface area (Å²) < 4.78 is 13.0. The molecule has 18 heavy (non-hydrogen) atoms. The average molecular weight is 252 g/mol. The monoisotopic (exact) mass is 252 g/mol. The molecule has 0 aromatic heterocycles. The van der Waals surface area contributed by atoms with Gasteiger partial charge in [-0.1, -0.05) is 12.1 Å². The molecule has 4 heteroatoms. The molecule has 0 N–H and O–H groups in total. The van der Waals surface area contributed by atoms with Crippen LogP contribution in [0, 0.1) is 5.82 Å². The Morgan fingerprint density at radius 3 is 2.50 bits per heavy atom. The first-order valence-corrected chi connectivity index (χ1v) is 6.27. The van der Waals surface area contributed by atoms with Crippen LogP contribution < -0.4 is 0 Å². The smallest absolute Gasteiger partial charge is 0.236 e. The van der Waals surface area contributed by atoms with Crippen molar-refractivity contribution in [3.63, 3.8) is 0 Å². The minimum Gasteiger partial charge on any atom is -0.342 e. The molecule has 100 valence electrons. The van der Waals surface area contributed by atoms with Gasteiger partial charge in [-0.15, -0.1) is 0 Å². The predicted molar refractivity (Wildman–Crippen MR) is 70.7 cm³/mol. The highest BCUT2D eigenvalue weighted by molar-refractivity contribution is 5.78. The van der Waals surface area contributed by atoms with Crippen molar-refractivity contribution in [1.29, 1.82) is 0 Å². The van der Waals surface area contributed by atoms with Crippen LogP contribution in [0.4, 0.5) is 4.39 Å². The van der Waals surface area contributed by atoms with Crippen molar-refractivity contribution in [3.8, 4) is 0 Å². The molecule has 3 nitrogen and oxygen atoms in total. The summed E-state index contributed by atoms with van der Waals surface area (Å²) in [5.74, 6) is -0.130. The molecule has 0 unspecified atom stereocenters. The number of halogens is 1. The van der Waals surface area contributed by atoms with E-state index in [1.807, 2.05) is 31.9 Å². The van der Waals surface area contributed by atoms with Gasteiger partial charge in [-0.05, 0) is 38.6 Å². The van der Waals surface area contributed by atoms with E-state index in [1.165, 1.54) is 12.1 Å². The highest BCUT2D eigenvalue weighted by atomic mass is 19.1. The number of hydrogen-bond donors (Lipinski definition) is 0. The highest BCUT2D eigenvalue weighted by Gasteiger charge is 2.12. The highest BCUT2D eigenvalue weighted by Crippen LogP contribution is 2.06. The van der Waals surface area contributed by atoms with Gasteiger partial charge in [-0.2, -0.15) is 0 Å². The van der Waals surface area contributed by atoms with Crippen LogP contribution in [0.15, 0.2) is 24.3 Å². The minimum atomic E-state index is -0.240. The molecule has 0 saturated heterocycles. The molecule has 0 atom stereocenters. The Balaban J connectivity index is 2.51. The van der Waals surface area contributed by atoms with Crippen LogP contribution >= 0.6 is 0 Å². The maximum atomic E-state index is 13.0. The standard InChI is InChI=1S/C14H21FN2O/c1-4-17(5-2)14(18)11-16(3)10-12-7-6-8-13(15)9-12/h6-9H,4-5,10-11H2,1-3H3. The van der Waals surface area contributed by atoms with Crippen molar-refractivity contribution in [3.05, 3.63) is 35.6 Å². The lowest BCUT2D eigenvalue weighted by molar-refractivity contribution is -0.131. The minimum absolute atomic E-state index is 0.110. The van der Waals surface area contributed by atoms with Crippen LogP contribution in [0.5, 0.6) is 0 Å². The molecule has 0 aliphatic carbocycles. The third-order valence-electron chi connectivity index (χ3n) is 2.86. The summed E-state index contributed by atoms with van der Waals surface area (Å²) >= 11 is 0. The van der Waals surface area contributed by atoms with Gasteiger partial charge in [0.1, 0.15) is 5.82 Å². The zero-order valence-corrected chi connectivity index (χ0v) is 11.3. The fraction of sp³-hybridized carbons (Fsp3) is 0.500. The second kappa shape index (κ2) is 7.11. The topological polar surface area (TPSA) is 23.6 Å². The summed E-state index contributed by atoms with van der Waals surface area (Å²) in [6, 6.07) is 6.47. The average Bonchev–Trinajstić information content (AvgIpc) is 2.30. The van der Waals surface area contributed by atoms with Crippen molar-refractivity contribution in [2.24, 2.45) is 0 Å². The molecule has 0 radical (unpaired) electrons. The van der Waals surface area contributed by atoms with E-state index in [0.717, 1.165) is 18.7 Å². The van der Waals surface area contributed by atoms with Crippen LogP contribution in [-0.2, 0) is 11.3 Å². The summed E-state index contributed by atoms with van der Waals surface area (Å²) in [6.07, 6.45) is 0. The Kier molecular flexibility index (Phi) is 5.78. The Bertz CT molecular complexity index is 391. The molecule has 1 aromatic rings. The van der Waals surface area contributed by atoms with Gasteiger partial charge in [-0.3, -0.25) is 9.69 Å². The quantitative estimate of drug-likeness (QED) is 0.774. The summed E-state index contributed by atoms with van der Waals surface area (Å²) in [6.45, 7) is 6.32. The van der Waals surface area contributed by atoms with Crippen LogP contribution in [0.3, 0.4) is 0 Å². The zero-order valence-electron chi connectivity index (χ0n) is 11.3. The van der Waals surface area contributed by atoms with Crippen molar-refractivity contribution in [2.75, 3.05) is 26.7 Å². The Morgan fingerprint density at radius 2 is 1.94 bits per heavy atom. The van der Waals surface area contributed by atoms with Crippen molar-refractivity contribution < 1.29 is 9.18 Å². The number of amides is 1. The van der Waals surface area contributed by atoms with Crippen LogP contribution in [-0.4, -0.2) is 42.4 Å². The van der Waals surface area contributed by atoms with E-state index in [1.54, 1.807) is 11.0 Å². The lowest BCUT2D eigenvalue weighted by Crippen LogP contribution is -2.38. The Labute approximate surface area is 108 Å². The number of rotatable bonds is 6. The number of nitrogens with zero attached hydrogens (tertiary/aromatic N) is 2. The Hall–Kier alpha value is -1.42. The maximum absolute atomic E-state index is 13.0. The molecular weight excluding hydrogens is 231 g/mol. The molecule has 1 rings (SSSR count). The number of hydrogen-bond acceptors (Lipinski definition) is 2. The van der Waals surface area contributed by atoms with E-state index in [4.69, 9.17) is 0 Å². The Morgan fingerprint density at radius 1 is 1.28 bits per heavy atom. The first-order valence-electron chi connectivity index (χ1n) is 6.27. The van der Waals surface area contributed by atoms with Crippen LogP contribution in [0.25, 0.3) is 0 Å². The number of carbonyl (C=O) groups is 1. The summed E-state index contributed by atoms with van der Waals surface area (Å²) in [5.41, 5.74) is 0.879. The fourth-order valence-corrected chi connectivity index (χ4v) is 1.91. The number of likely N-dealkylation sites (N-methyl/N-ethyl adjacent to an activating group) is 2. The van der Waals surface area contributed by atoms with E-state index in [9.17, 15) is 9.18 Å². The fourth-order valence-electron chi connectivity index (χ4n) is 1.91. The van der Waals surface area contributed by atoms with Gasteiger partial charge in [0.25, 0.3) is 0 Å². The molecule has 0 bridgehead atoms. The third-order valence-corrected chi connectivity index (χ3v) is 2.86. The van der Waals surface area contributed by atoms with Gasteiger partial charge < -0.3 is 4.90 Å². The molecule has 0 aliphatic rings. The van der Waals surface area contributed by atoms with E-state index < -0.39 is 0 Å². The molecule has 0 saturated carbocycles. The van der Waals surface area contributed by atoms with Crippen LogP contribution in [0.1, 0.15) is 19.4 Å². The third kappa shape index (κ3) is 4.45. The normalized spacial score (nSPS) is 10.7. The molecule has 0 spiro atoms. The molecule has 1 aromatic carbocycles. The first-order chi connectivity index (χ1) is 8.56. The summed E-state index contributed by atoms with van der Waals surface area (Å²) in [4.78, 5) is 15.6. The van der Waals surface area contributed by atoms with Crippen molar-refractivity contribution >= 4 is 5.91 Å². The van der Waals surface area contributed by atoms with Gasteiger partial charge in [0, 0.05) is 19.6 Å². The molecule has 0 aliphatic heterocycles. The van der Waals surface area contributed by atoms with E-state index in [-0.39, 0.29) is 11.7 Å². The molecule has 0 heterocycles. The van der Waals surface area contributed by atoms with Crippen molar-refractivity contribution in [2.45, 2.75) is 20.4 Å². The van der Waals surface area contributed by atoms with E-state index in [0.29, 0.717) is 13.1 Å². The number of carbonyl (C=O) groups excluding carboxylic acids is 1. The van der Waals surface area contributed by atoms with E-state index >= 15 is 0 Å². The van der Waals surface area contributed by atoms with Gasteiger partial charge in [0.05, 0.1) is 6.54 Å². The van der Waals surface area contributed by atoms with Gasteiger partial charge in [0.15, 0.2) is 0 Å². The maximum Gasteiger partial charge on any atom is 0.236 e. The van der Waals surface area contributed by atoms with Gasteiger partial charge in [-0.25, -0.2) is 4.39 Å². The largest absolute Gasteiger partial charge is 0.342 e. The lowest BCUT2D eigenvalue weighted by atomic mass is 10.2. The molecule has 0 fully saturated rings. The second-order valence-corrected chi connectivity index (χ2v) is 4.37. The first kappa shape index (κ1) is 14.6. The second-order valence-electron chi connectivity index (χ2n) is 4.37. The summed E-state index contributed by atoms with van der Waals surface area (Å²) in [7, 11) is 1.87. The van der Waals surface area contributed by atoms with Gasteiger partial charge in [0.2, 0.25) is 5.91 Å². The predicted octanol–water partition coefficient (Wildman–Crippen LogP) is 2.13. The zero-order chi connectivity index (χ0) is 13.5. The molecular formula is C14H21FN2O. The SMILES string of the molecule is CCN(CC)C(=O)CN(C)Cc1cccc(F)c1. The lowest BCUT2D eigenvalue weighted by Gasteiger charge is -2.23. The van der Waals surface area contributed by atoms with Crippen molar-refractivity contribution in [1.82, 2.24) is 9.80 Å². The van der Waals surface area contributed by atoms with E-state index in [2.05, 4.69) is 0 Å². The molecule has 1 amide bonds. The van der Waals surface area contributed by atoms with Crippen LogP contribution in [0.2, 0.25) is 0 Å². The number of benzene rings is 1. The van der Waals surface area contributed by atoms with Gasteiger partial charge >= 0.3 is 0 Å². The summed E-state index contributed by atoms with van der Waals surface area (Å²) in [5, 5.41) is 0.